The van der Waals surface area contributed by atoms with Gasteiger partial charge in [-0.3, -0.25) is 9.59 Å². The van der Waals surface area contributed by atoms with Crippen LogP contribution in [0.1, 0.15) is 29.9 Å². The summed E-state index contributed by atoms with van der Waals surface area (Å²) in [6.45, 7) is 10.8. The first-order valence-corrected chi connectivity index (χ1v) is 22.8. The predicted molar refractivity (Wildman–Crippen MR) is 240 cm³/mol. The van der Waals surface area contributed by atoms with Gasteiger partial charge >= 0.3 is 18.0 Å². The Hall–Kier alpha value is -4.16. The summed E-state index contributed by atoms with van der Waals surface area (Å²) < 4.78 is 76.3. The fraction of sp³-hybridized carbons (Fsp3) is 0.660. The number of amides is 1. The summed E-state index contributed by atoms with van der Waals surface area (Å²) in [4.78, 5) is 46.9. The van der Waals surface area contributed by atoms with E-state index in [9.17, 15) is 19.2 Å². The van der Waals surface area contributed by atoms with Crippen molar-refractivity contribution < 1.29 is 90.6 Å². The van der Waals surface area contributed by atoms with Crippen molar-refractivity contribution in [3.63, 3.8) is 0 Å². The second kappa shape index (κ2) is 38.8. The molecule has 1 N–H and O–H groups in total. The maximum atomic E-state index is 12.6. The minimum Gasteiger partial charge on any atom is -0.476 e. The van der Waals surface area contributed by atoms with Gasteiger partial charge in [-0.2, -0.15) is 0 Å². The molecule has 0 atom stereocenters. The van der Waals surface area contributed by atoms with Gasteiger partial charge in [0.15, 0.2) is 0 Å². The van der Waals surface area contributed by atoms with Crippen LogP contribution in [-0.4, -0.2) is 219 Å². The van der Waals surface area contributed by atoms with Crippen molar-refractivity contribution in [3.8, 4) is 11.1 Å². The third-order valence-electron chi connectivity index (χ3n) is 9.60. The quantitative estimate of drug-likeness (QED) is 0.0573. The van der Waals surface area contributed by atoms with Crippen LogP contribution in [0.3, 0.4) is 0 Å². The molecule has 378 valence electrons. The van der Waals surface area contributed by atoms with Crippen LogP contribution in [0, 0.1) is 0 Å². The molecule has 1 aliphatic carbocycles. The van der Waals surface area contributed by atoms with E-state index >= 15 is 0 Å². The SMILES string of the molecule is CN(CCOCCOCCOCCOCCOCCOCCOCCOCCOCCOCCOCCOCCOC(=O)CCC(=O)C(=O)O)C(=O)OCC1c2ccccc2-c2ccccc21. The molecule has 2 aromatic rings. The van der Waals surface area contributed by atoms with Gasteiger partial charge in [0.1, 0.15) is 13.2 Å². The molecule has 2 aromatic carbocycles. The fourth-order valence-corrected chi connectivity index (χ4v) is 6.13. The van der Waals surface area contributed by atoms with Crippen LogP contribution in [0.5, 0.6) is 0 Å². The van der Waals surface area contributed by atoms with Gasteiger partial charge in [-0.25, -0.2) is 9.59 Å². The molecule has 1 amide bonds. The zero-order chi connectivity index (χ0) is 47.8. The van der Waals surface area contributed by atoms with Gasteiger partial charge in [0.2, 0.25) is 5.78 Å². The molecule has 0 aromatic heterocycles. The van der Waals surface area contributed by atoms with Gasteiger partial charge in [0.05, 0.1) is 165 Å². The molecule has 0 spiro atoms. The molecule has 0 heterocycles. The van der Waals surface area contributed by atoms with Gasteiger partial charge < -0.3 is 76.3 Å². The number of carbonyl (C=O) groups is 4. The molecule has 0 radical (unpaired) electrons. The number of benzene rings is 2. The molecule has 3 rings (SSSR count). The van der Waals surface area contributed by atoms with Crippen molar-refractivity contribution in [2.75, 3.05) is 185 Å². The number of carbonyl (C=O) groups excluding carboxylic acids is 3. The van der Waals surface area contributed by atoms with Crippen LogP contribution in [0.4, 0.5) is 4.79 Å². The number of rotatable bonds is 45. The number of aliphatic carboxylic acids is 1. The van der Waals surface area contributed by atoms with E-state index in [1.165, 1.54) is 27.2 Å². The number of Topliss-reactive ketones (excluding diaryl/α,β-unsaturated/α-hetero) is 1. The summed E-state index contributed by atoms with van der Waals surface area (Å²) in [5, 5.41) is 8.47. The molecule has 0 saturated carbocycles. The standard InChI is InChI=1S/C47H71NO19/c1-48(47(53)67-38-43-41-8-4-2-6-39(41)40-7-3-5-9-42(40)43)12-13-54-14-15-55-16-17-56-18-19-57-20-21-58-22-23-59-24-25-60-26-27-61-28-29-62-30-31-63-32-33-64-34-35-65-36-37-66-45(50)11-10-44(49)46(51)52/h2-9,43H,10-38H2,1H3,(H,51,52). The molecule has 0 saturated heterocycles. The van der Waals surface area contributed by atoms with Crippen LogP contribution in [0.25, 0.3) is 11.1 Å². The number of fused-ring (bicyclic) bond motifs is 3. The third kappa shape index (κ3) is 27.4. The van der Waals surface area contributed by atoms with Gasteiger partial charge in [-0.15, -0.1) is 0 Å². The summed E-state index contributed by atoms with van der Waals surface area (Å²) in [6.07, 6.45) is -1.05. The lowest BCUT2D eigenvalue weighted by Gasteiger charge is -2.19. The Morgan fingerprint density at radius 3 is 1.09 bits per heavy atom. The van der Waals surface area contributed by atoms with Crippen LogP contribution in [-0.2, 0) is 80.7 Å². The van der Waals surface area contributed by atoms with E-state index in [0.717, 1.165) is 0 Å². The van der Waals surface area contributed by atoms with E-state index < -0.39 is 24.1 Å². The highest BCUT2D eigenvalue weighted by molar-refractivity contribution is 6.32. The highest BCUT2D eigenvalue weighted by Gasteiger charge is 2.29. The van der Waals surface area contributed by atoms with Gasteiger partial charge in [0.25, 0.3) is 0 Å². The van der Waals surface area contributed by atoms with Crippen LogP contribution in [0.2, 0.25) is 0 Å². The number of carboxylic acids is 1. The van der Waals surface area contributed by atoms with E-state index in [1.54, 1.807) is 7.05 Å². The second-order valence-electron chi connectivity index (χ2n) is 14.5. The molecule has 20 nitrogen and oxygen atoms in total. The molecular formula is C47H71NO19. The Morgan fingerprint density at radius 1 is 0.433 bits per heavy atom. The number of likely N-dealkylation sites (N-methyl/N-ethyl adjacent to an activating group) is 1. The van der Waals surface area contributed by atoms with Crippen molar-refractivity contribution in [1.82, 2.24) is 4.90 Å². The second-order valence-corrected chi connectivity index (χ2v) is 14.5. The molecule has 1 aliphatic rings. The first-order chi connectivity index (χ1) is 32.9. The van der Waals surface area contributed by atoms with Crippen molar-refractivity contribution in [2.24, 2.45) is 0 Å². The third-order valence-corrected chi connectivity index (χ3v) is 9.60. The van der Waals surface area contributed by atoms with Crippen LogP contribution >= 0.6 is 0 Å². The average Bonchev–Trinajstić information content (AvgIpc) is 3.66. The minimum absolute atomic E-state index is 0.00609. The number of ether oxygens (including phenoxy) is 14. The Labute approximate surface area is 393 Å². The molecule has 0 aliphatic heterocycles. The van der Waals surface area contributed by atoms with E-state index in [-0.39, 0.29) is 38.3 Å². The van der Waals surface area contributed by atoms with E-state index in [2.05, 4.69) is 24.3 Å². The zero-order valence-corrected chi connectivity index (χ0v) is 38.9. The number of esters is 1. The largest absolute Gasteiger partial charge is 0.476 e. The van der Waals surface area contributed by atoms with E-state index in [4.69, 9.17) is 71.4 Å². The zero-order valence-electron chi connectivity index (χ0n) is 38.9. The summed E-state index contributed by atoms with van der Waals surface area (Å²) in [5.41, 5.74) is 4.76. The maximum Gasteiger partial charge on any atom is 0.409 e. The van der Waals surface area contributed by atoms with Gasteiger partial charge in [-0.1, -0.05) is 48.5 Å². The maximum absolute atomic E-state index is 12.6. The van der Waals surface area contributed by atoms with Crippen molar-refractivity contribution in [2.45, 2.75) is 18.8 Å². The number of hydrogen-bond donors (Lipinski definition) is 1. The Morgan fingerprint density at radius 2 is 0.746 bits per heavy atom. The van der Waals surface area contributed by atoms with Crippen LogP contribution < -0.4 is 0 Å². The molecule has 0 bridgehead atoms. The number of ketones is 1. The monoisotopic (exact) mass is 953 g/mol. The highest BCUT2D eigenvalue weighted by atomic mass is 16.6. The topological polar surface area (TPSA) is 221 Å². The first kappa shape index (κ1) is 57.2. The summed E-state index contributed by atoms with van der Waals surface area (Å²) in [7, 11) is 1.71. The number of nitrogens with zero attached hydrogens (tertiary/aromatic N) is 1. The Bertz CT molecular complexity index is 1570. The van der Waals surface area contributed by atoms with E-state index in [1.807, 2.05) is 24.3 Å². The van der Waals surface area contributed by atoms with Gasteiger partial charge in [0, 0.05) is 25.9 Å². The van der Waals surface area contributed by atoms with Gasteiger partial charge in [-0.05, 0) is 22.3 Å². The molecule has 20 heteroatoms. The summed E-state index contributed by atoms with van der Waals surface area (Å²) in [6, 6.07) is 16.5. The molecule has 0 fully saturated rings. The smallest absolute Gasteiger partial charge is 0.409 e. The predicted octanol–water partition coefficient (Wildman–Crippen LogP) is 3.04. The molecule has 67 heavy (non-hydrogen) atoms. The number of carboxylic acid groups (broad SMARTS) is 1. The van der Waals surface area contributed by atoms with Crippen molar-refractivity contribution in [3.05, 3.63) is 59.7 Å². The summed E-state index contributed by atoms with van der Waals surface area (Å²) in [5.74, 6) is -3.23. The summed E-state index contributed by atoms with van der Waals surface area (Å²) >= 11 is 0. The number of hydrogen-bond acceptors (Lipinski definition) is 18. The van der Waals surface area contributed by atoms with Crippen LogP contribution in [0.15, 0.2) is 48.5 Å². The molecule has 0 unspecified atom stereocenters. The van der Waals surface area contributed by atoms with E-state index in [0.29, 0.717) is 159 Å². The first-order valence-electron chi connectivity index (χ1n) is 22.8. The highest BCUT2D eigenvalue weighted by Crippen LogP contribution is 2.44. The normalized spacial score (nSPS) is 12.0. The Balaban J connectivity index is 0.924. The lowest BCUT2D eigenvalue weighted by molar-refractivity contribution is -0.151. The molecular weight excluding hydrogens is 883 g/mol. The lowest BCUT2D eigenvalue weighted by Crippen LogP contribution is -2.32. The Kier molecular flexibility index (Phi) is 33.1. The minimum atomic E-state index is -1.57. The lowest BCUT2D eigenvalue weighted by atomic mass is 9.98. The van der Waals surface area contributed by atoms with Crippen molar-refractivity contribution >= 4 is 23.8 Å². The average molecular weight is 954 g/mol. The van der Waals surface area contributed by atoms with Crippen molar-refractivity contribution in [1.29, 1.82) is 0 Å². The fourth-order valence-electron chi connectivity index (χ4n) is 6.13.